The number of H-pyrrole nitrogens is 2. The Kier molecular flexibility index (Phi) is 20.2. The number of nitrogens with zero attached hydrogens (tertiary/aromatic N) is 6. The molecule has 20 nitrogen and oxygen atoms in total. The van der Waals surface area contributed by atoms with Gasteiger partial charge < -0.3 is 50.5 Å². The van der Waals surface area contributed by atoms with Gasteiger partial charge in [-0.25, -0.2) is 39.5 Å². The molecule has 29 heteroatoms. The highest BCUT2D eigenvalue weighted by Gasteiger charge is 2.44. The summed E-state index contributed by atoms with van der Waals surface area (Å²) in [7, 11) is 0. The molecule has 6 atom stereocenters. The third kappa shape index (κ3) is 14.8. The lowest BCUT2D eigenvalue weighted by molar-refractivity contribution is -0.139. The van der Waals surface area contributed by atoms with E-state index in [1.54, 1.807) is 4.90 Å². The van der Waals surface area contributed by atoms with E-state index < -0.39 is 110 Å². The number of rotatable bonds is 18. The molecule has 6 N–H and O–H groups in total. The summed E-state index contributed by atoms with van der Waals surface area (Å²) in [5.74, 6) is -19.0. The van der Waals surface area contributed by atoms with Crippen LogP contribution in [-0.2, 0) is 65.4 Å². The van der Waals surface area contributed by atoms with Crippen LogP contribution < -0.4 is 42.2 Å². The van der Waals surface area contributed by atoms with Crippen LogP contribution in [0.1, 0.15) is 86.3 Å². The molecule has 11 rings (SSSR count). The van der Waals surface area contributed by atoms with Crippen molar-refractivity contribution in [2.24, 2.45) is 0 Å². The van der Waals surface area contributed by atoms with Gasteiger partial charge in [0.2, 0.25) is 17.6 Å². The Bertz CT molecular complexity index is 3880. The zero-order chi connectivity index (χ0) is 68.1. The van der Waals surface area contributed by atoms with Crippen LogP contribution in [0.3, 0.4) is 0 Å². The van der Waals surface area contributed by atoms with E-state index in [1.807, 2.05) is 70.7 Å². The van der Waals surface area contributed by atoms with E-state index in [2.05, 4.69) is 45.9 Å². The Labute approximate surface area is 541 Å². The second kappa shape index (κ2) is 27.9. The quantitative estimate of drug-likeness (QED) is 0.0414. The normalized spacial score (nSPS) is 23.2. The van der Waals surface area contributed by atoms with Gasteiger partial charge in [0.15, 0.2) is 46.5 Å². The molecular weight excluding hydrogens is 1260 g/mol. The number of hydrogen-bond acceptors (Lipinski definition) is 14. The number of fused-ring (bicyclic) bond motifs is 2. The van der Waals surface area contributed by atoms with Crippen molar-refractivity contribution in [2.75, 3.05) is 115 Å². The molecule has 4 amide bonds. The lowest BCUT2D eigenvalue weighted by Gasteiger charge is -2.43. The Hall–Kier alpha value is -7.51. The number of ether oxygens (including phenoxy) is 2. The monoisotopic (exact) mass is 1340 g/mol. The number of amides is 4. The van der Waals surface area contributed by atoms with Crippen molar-refractivity contribution >= 4 is 35.0 Å². The number of pyridine rings is 2. The van der Waals surface area contributed by atoms with E-state index in [1.165, 1.54) is 17.0 Å². The predicted octanol–water partition coefficient (Wildman–Crippen LogP) is 4.10. The molecule has 3 aromatic carbocycles. The number of piperazine rings is 2. The van der Waals surface area contributed by atoms with Crippen LogP contribution in [0.4, 0.5) is 50.9 Å². The van der Waals surface area contributed by atoms with Crippen LogP contribution in [0.25, 0.3) is 0 Å². The Morgan fingerprint density at radius 1 is 0.537 bits per heavy atom. The minimum atomic E-state index is -2.31. The lowest BCUT2D eigenvalue weighted by Crippen LogP contribution is -2.62. The topological polar surface area (TPSA) is 220 Å². The first kappa shape index (κ1) is 68.9. The van der Waals surface area contributed by atoms with Gasteiger partial charge in [-0.2, -0.15) is 0 Å². The third-order valence-corrected chi connectivity index (χ3v) is 19.0. The van der Waals surface area contributed by atoms with E-state index in [9.17, 15) is 68.3 Å². The number of nitrogens with one attached hydrogen (secondary N) is 6. The molecule has 8 heterocycles. The minimum absolute atomic E-state index is 0.00171. The average molecular weight is 1340 g/mol. The van der Waals surface area contributed by atoms with E-state index >= 15 is 0 Å². The summed E-state index contributed by atoms with van der Waals surface area (Å²) in [4.78, 5) is 99.3. The molecule has 6 aliphatic heterocycles. The van der Waals surface area contributed by atoms with E-state index in [0.717, 1.165) is 11.1 Å². The maximum Gasteiger partial charge on any atom is 0.251 e. The van der Waals surface area contributed by atoms with Crippen molar-refractivity contribution < 1.29 is 68.2 Å². The van der Waals surface area contributed by atoms with E-state index in [4.69, 9.17) is 9.47 Å². The lowest BCUT2D eigenvalue weighted by atomic mass is 9.91. The highest BCUT2D eigenvalue weighted by Crippen LogP contribution is 2.41. The fourth-order valence-electron chi connectivity index (χ4n) is 13.7. The molecule has 0 spiro atoms. The third-order valence-electron chi connectivity index (χ3n) is 19.0. The number of morpholine rings is 2. The van der Waals surface area contributed by atoms with Crippen molar-refractivity contribution in [3.05, 3.63) is 160 Å². The molecule has 5 aromatic rings. The van der Waals surface area contributed by atoms with E-state index in [0.29, 0.717) is 88.7 Å². The summed E-state index contributed by atoms with van der Waals surface area (Å²) in [5, 5.41) is 12.9. The summed E-state index contributed by atoms with van der Waals surface area (Å²) in [6, 6.07) is 10.3. The second-order valence-corrected chi connectivity index (χ2v) is 27.1. The Morgan fingerprint density at radius 2 is 0.947 bits per heavy atom. The first-order valence-electron chi connectivity index (χ1n) is 31.8. The van der Waals surface area contributed by atoms with Gasteiger partial charge in [0.25, 0.3) is 22.9 Å². The maximum absolute atomic E-state index is 14.8. The van der Waals surface area contributed by atoms with Crippen molar-refractivity contribution in [1.29, 1.82) is 0 Å². The van der Waals surface area contributed by atoms with Gasteiger partial charge in [0.05, 0.1) is 37.7 Å². The van der Waals surface area contributed by atoms with Gasteiger partial charge in [-0.15, -0.1) is 0 Å². The Balaban J connectivity index is 0.640. The van der Waals surface area contributed by atoms with Gasteiger partial charge in [0, 0.05) is 168 Å². The van der Waals surface area contributed by atoms with E-state index in [-0.39, 0.29) is 117 Å². The van der Waals surface area contributed by atoms with Crippen LogP contribution in [0.15, 0.2) is 52.1 Å². The number of carbonyl (C=O) groups is 4. The molecule has 0 aliphatic carbocycles. The molecule has 0 unspecified atom stereocenters. The molecular formula is C66H77F9N12O8. The molecule has 2 aromatic heterocycles. The number of aromatic amines is 2. The summed E-state index contributed by atoms with van der Waals surface area (Å²) in [6.07, 6.45) is -3.05. The van der Waals surface area contributed by atoms with Crippen LogP contribution in [-0.4, -0.2) is 194 Å². The van der Waals surface area contributed by atoms with Gasteiger partial charge in [-0.3, -0.25) is 48.4 Å². The van der Waals surface area contributed by atoms with Crippen molar-refractivity contribution in [3.63, 3.8) is 0 Å². The summed E-state index contributed by atoms with van der Waals surface area (Å²) < 4.78 is 140. The first-order chi connectivity index (χ1) is 45.0. The molecule has 95 heavy (non-hydrogen) atoms. The highest BCUT2D eigenvalue weighted by molar-refractivity contribution is 5.98. The van der Waals surface area contributed by atoms with Crippen LogP contribution in [0, 0.1) is 52.4 Å². The van der Waals surface area contributed by atoms with Crippen molar-refractivity contribution in [1.82, 2.24) is 50.8 Å². The number of hydrogen-bond donors (Lipinski definition) is 6. The van der Waals surface area contributed by atoms with Crippen molar-refractivity contribution in [3.8, 4) is 0 Å². The van der Waals surface area contributed by atoms with Gasteiger partial charge >= 0.3 is 0 Å². The minimum Gasteiger partial charge on any atom is -0.366 e. The molecule has 4 fully saturated rings. The maximum atomic E-state index is 14.8. The number of halogens is 9. The van der Waals surface area contributed by atoms with Gasteiger partial charge in [-0.05, 0) is 48.7 Å². The molecule has 6 aliphatic rings. The Morgan fingerprint density at radius 3 is 1.39 bits per heavy atom. The highest BCUT2D eigenvalue weighted by atomic mass is 19.2. The summed E-state index contributed by atoms with van der Waals surface area (Å²) in [5.41, 5.74) is -1.88. The van der Waals surface area contributed by atoms with Crippen LogP contribution >= 0.6 is 0 Å². The first-order valence-corrected chi connectivity index (χ1v) is 31.8. The molecule has 4 saturated heterocycles. The standard InChI is InChI=1S/C66H77F9N12O8/c1-34-24-84(30-49(88)86-32-65(3,4)59-45(86)18-39(61(90)80-59)15-38-17-44(67)54(71)55(72)51(38)68)41(22-76-34)26-82-11-13-94-47(28-82)63(92)78-20-36-7-9-37(10-8-36)21-79-64(93)48-29-83(12-14-95-48)27-42-23-77-35(2)25-85(42)31-50(89)87-33-66(5,6)60-46(87)19-40(62(91)81-60)16-43-52(69)56(73)58(75)57(74)53(43)70/h7-10,17-19,34-35,41-42,47-48,76-77H,11-16,20-33H2,1-6H3,(H,78,92)(H,79,93)(H,80,90)(H,81,91)/t34-,35-,41-,42-,47+,48+/m1/s1. The second-order valence-electron chi connectivity index (χ2n) is 27.1. The predicted molar refractivity (Wildman–Crippen MR) is 331 cm³/mol. The largest absolute Gasteiger partial charge is 0.366 e. The molecule has 0 saturated carbocycles. The molecule has 0 radical (unpaired) electrons. The smallest absolute Gasteiger partial charge is 0.251 e. The molecule has 512 valence electrons. The average Bonchev–Trinajstić information content (AvgIpc) is 1.65. The molecule has 0 bridgehead atoms. The SMILES string of the molecule is C[C@@H]1CN(CC(=O)N2CC(C)(C)c3[nH]c(=O)c(Cc4cc(F)c(F)c(F)c4F)cc32)[C@@H](CN2CCO[C@H](C(=O)NCc3ccc(CNC(=O)[C@@H]4CN(C[C@H]5CN[C@H](C)CN5CC(=O)N5CC(C)(C)c6[nH]c(=O)c(Cc7c(F)c(F)c(F)c(F)c7F)cc65)CCO4)cc3)C2)CN1. The number of anilines is 2. The summed E-state index contributed by atoms with van der Waals surface area (Å²) in [6.45, 7) is 17.3. The van der Waals surface area contributed by atoms with Gasteiger partial charge in [0.1, 0.15) is 12.2 Å². The number of aromatic nitrogens is 2. The fraction of sp³-hybridized carbons (Fsp3) is 0.515. The van der Waals surface area contributed by atoms with Crippen LogP contribution in [0.5, 0.6) is 0 Å². The van der Waals surface area contributed by atoms with Crippen LogP contribution in [0.2, 0.25) is 0 Å². The fourth-order valence-corrected chi connectivity index (χ4v) is 13.7. The zero-order valence-electron chi connectivity index (χ0n) is 53.5. The summed E-state index contributed by atoms with van der Waals surface area (Å²) >= 11 is 0. The van der Waals surface area contributed by atoms with Gasteiger partial charge in [-0.1, -0.05) is 52.0 Å². The van der Waals surface area contributed by atoms with Crippen molar-refractivity contribution in [2.45, 2.75) is 115 Å². The number of carbonyl (C=O) groups excluding carboxylic acids is 4. The number of benzene rings is 3. The zero-order valence-corrected chi connectivity index (χ0v) is 53.5.